The van der Waals surface area contributed by atoms with Crippen molar-refractivity contribution in [3.05, 3.63) is 22.4 Å². The Bertz CT molecular complexity index is 578. The lowest BCUT2D eigenvalue weighted by atomic mass is 9.77. The fourth-order valence-electron chi connectivity index (χ4n) is 4.37. The predicted octanol–water partition coefficient (Wildman–Crippen LogP) is 3.17. The minimum atomic E-state index is -0.768. The number of likely N-dealkylation sites (tertiary alicyclic amines) is 2. The van der Waals surface area contributed by atoms with Gasteiger partial charge in [0.2, 0.25) is 5.91 Å². The van der Waals surface area contributed by atoms with E-state index >= 15 is 0 Å². The molecular formula is C18H25FN2OS. The van der Waals surface area contributed by atoms with Gasteiger partial charge in [0.25, 0.3) is 0 Å². The Labute approximate surface area is 141 Å². The summed E-state index contributed by atoms with van der Waals surface area (Å²) in [7, 11) is 0. The molecule has 5 heteroatoms. The topological polar surface area (TPSA) is 23.6 Å². The van der Waals surface area contributed by atoms with Gasteiger partial charge < -0.3 is 4.90 Å². The van der Waals surface area contributed by atoms with Crippen LogP contribution in [0.3, 0.4) is 0 Å². The van der Waals surface area contributed by atoms with E-state index in [2.05, 4.69) is 28.7 Å². The van der Waals surface area contributed by atoms with Gasteiger partial charge in [0.15, 0.2) is 0 Å². The molecule has 1 aromatic heterocycles. The summed E-state index contributed by atoms with van der Waals surface area (Å²) >= 11 is 1.71. The fraction of sp³-hybridized carbons (Fsp3) is 0.722. The van der Waals surface area contributed by atoms with Gasteiger partial charge in [0, 0.05) is 37.5 Å². The van der Waals surface area contributed by atoms with E-state index in [4.69, 9.17) is 0 Å². The molecule has 1 amide bonds. The van der Waals surface area contributed by atoms with Crippen LogP contribution in [-0.4, -0.2) is 48.1 Å². The summed E-state index contributed by atoms with van der Waals surface area (Å²) in [6.07, 6.45) is 1.64. The minimum Gasteiger partial charge on any atom is -0.342 e. The van der Waals surface area contributed by atoms with Crippen LogP contribution in [0, 0.1) is 17.3 Å². The maximum absolute atomic E-state index is 14.8. The second kappa shape index (κ2) is 5.85. The first kappa shape index (κ1) is 15.6. The number of hydrogen-bond donors (Lipinski definition) is 0. The van der Waals surface area contributed by atoms with E-state index in [9.17, 15) is 9.18 Å². The van der Waals surface area contributed by atoms with Crippen molar-refractivity contribution in [2.45, 2.75) is 38.9 Å². The number of carbonyl (C=O) groups excluding carboxylic acids is 1. The van der Waals surface area contributed by atoms with Crippen molar-refractivity contribution in [3.63, 3.8) is 0 Å². The Balaban J connectivity index is 1.42. The molecule has 3 nitrogen and oxygen atoms in total. The van der Waals surface area contributed by atoms with Gasteiger partial charge in [-0.25, -0.2) is 4.39 Å². The maximum Gasteiger partial charge on any atom is 0.225 e. The molecule has 0 N–H and O–H groups in total. The standard InChI is InChI=1S/C18H25FN2OS/c1-13-8-15(13)17(22)21-5-2-16(19)18(12-21)4-6-20(11-18)9-14-3-7-23-10-14/h3,7,10,13,15-16H,2,4-6,8-9,11-12H2,1H3/t13-,15+,16-,18+/m1/s1. The van der Waals surface area contributed by atoms with Crippen LogP contribution in [0.5, 0.6) is 0 Å². The van der Waals surface area contributed by atoms with Gasteiger partial charge in [0.05, 0.1) is 0 Å². The van der Waals surface area contributed by atoms with Crippen molar-refractivity contribution < 1.29 is 9.18 Å². The van der Waals surface area contributed by atoms with E-state index in [1.807, 2.05) is 4.90 Å². The molecule has 3 heterocycles. The zero-order chi connectivity index (χ0) is 16.0. The Morgan fingerprint density at radius 2 is 2.26 bits per heavy atom. The molecule has 126 valence electrons. The zero-order valence-corrected chi connectivity index (χ0v) is 14.5. The molecule has 1 spiro atoms. The Hall–Kier alpha value is -0.940. The summed E-state index contributed by atoms with van der Waals surface area (Å²) in [5.74, 6) is 1.02. The van der Waals surface area contributed by atoms with Crippen molar-refractivity contribution in [1.82, 2.24) is 9.80 Å². The quantitative estimate of drug-likeness (QED) is 0.846. The highest BCUT2D eigenvalue weighted by Gasteiger charge is 2.51. The van der Waals surface area contributed by atoms with Crippen LogP contribution in [0.25, 0.3) is 0 Å². The first-order valence-corrected chi connectivity index (χ1v) is 9.68. The molecule has 1 aromatic rings. The molecule has 4 atom stereocenters. The van der Waals surface area contributed by atoms with Crippen LogP contribution >= 0.6 is 11.3 Å². The summed E-state index contributed by atoms with van der Waals surface area (Å²) in [6.45, 7) is 6.00. The first-order valence-electron chi connectivity index (χ1n) is 8.74. The number of amides is 1. The van der Waals surface area contributed by atoms with Crippen LogP contribution in [0.4, 0.5) is 4.39 Å². The van der Waals surface area contributed by atoms with Crippen LogP contribution in [0.15, 0.2) is 16.8 Å². The number of alkyl halides is 1. The van der Waals surface area contributed by atoms with E-state index in [0.717, 1.165) is 32.5 Å². The summed E-state index contributed by atoms with van der Waals surface area (Å²) in [6, 6.07) is 2.15. The van der Waals surface area contributed by atoms with Crippen LogP contribution in [0.2, 0.25) is 0 Å². The summed E-state index contributed by atoms with van der Waals surface area (Å²) < 4.78 is 14.8. The average molecular weight is 336 g/mol. The molecule has 4 rings (SSSR count). The summed E-state index contributed by atoms with van der Waals surface area (Å²) in [4.78, 5) is 16.9. The highest BCUT2D eigenvalue weighted by molar-refractivity contribution is 7.07. The first-order chi connectivity index (χ1) is 11.1. The number of nitrogens with zero attached hydrogens (tertiary/aromatic N) is 2. The highest BCUT2D eigenvalue weighted by Crippen LogP contribution is 2.44. The van der Waals surface area contributed by atoms with E-state index < -0.39 is 6.17 Å². The van der Waals surface area contributed by atoms with Gasteiger partial charge in [-0.15, -0.1) is 0 Å². The molecule has 0 unspecified atom stereocenters. The van der Waals surface area contributed by atoms with Crippen LogP contribution in [-0.2, 0) is 11.3 Å². The molecule has 23 heavy (non-hydrogen) atoms. The number of rotatable bonds is 3. The maximum atomic E-state index is 14.8. The van der Waals surface area contributed by atoms with E-state index in [-0.39, 0.29) is 17.2 Å². The molecule has 1 saturated carbocycles. The van der Waals surface area contributed by atoms with Gasteiger partial charge in [-0.2, -0.15) is 11.3 Å². The normalized spacial score (nSPS) is 37.5. The summed E-state index contributed by atoms with van der Waals surface area (Å²) in [5.41, 5.74) is 0.986. The molecule has 0 bridgehead atoms. The van der Waals surface area contributed by atoms with Crippen molar-refractivity contribution >= 4 is 17.2 Å². The van der Waals surface area contributed by atoms with Gasteiger partial charge in [-0.05, 0) is 54.1 Å². The third-order valence-corrected chi connectivity index (χ3v) is 6.74. The van der Waals surface area contributed by atoms with Crippen LogP contribution in [0.1, 0.15) is 31.7 Å². The SMILES string of the molecule is C[C@@H]1C[C@@H]1C(=O)N1CC[C@@H](F)[C@]2(CCN(Cc3ccsc3)C2)C1. The Kier molecular flexibility index (Phi) is 3.96. The monoisotopic (exact) mass is 336 g/mol. The van der Waals surface area contributed by atoms with Gasteiger partial charge >= 0.3 is 0 Å². The molecule has 2 saturated heterocycles. The number of piperidine rings is 1. The molecule has 2 aliphatic heterocycles. The van der Waals surface area contributed by atoms with Crippen LogP contribution < -0.4 is 0 Å². The molecular weight excluding hydrogens is 311 g/mol. The molecule has 1 aliphatic carbocycles. The number of halogens is 1. The lowest BCUT2D eigenvalue weighted by Gasteiger charge is -2.43. The molecule has 0 aromatic carbocycles. The molecule has 0 radical (unpaired) electrons. The second-order valence-electron chi connectivity index (χ2n) is 7.79. The Morgan fingerprint density at radius 1 is 1.43 bits per heavy atom. The number of thiophene rings is 1. The van der Waals surface area contributed by atoms with Gasteiger partial charge in [-0.3, -0.25) is 9.69 Å². The fourth-order valence-corrected chi connectivity index (χ4v) is 5.03. The molecule has 3 fully saturated rings. The Morgan fingerprint density at radius 3 is 2.96 bits per heavy atom. The summed E-state index contributed by atoms with van der Waals surface area (Å²) in [5, 5.41) is 4.26. The highest BCUT2D eigenvalue weighted by atomic mass is 32.1. The minimum absolute atomic E-state index is 0.214. The predicted molar refractivity (Wildman–Crippen MR) is 90.0 cm³/mol. The third kappa shape index (κ3) is 2.93. The largest absolute Gasteiger partial charge is 0.342 e. The smallest absolute Gasteiger partial charge is 0.225 e. The second-order valence-corrected chi connectivity index (χ2v) is 8.57. The van der Waals surface area contributed by atoms with Crippen molar-refractivity contribution in [2.75, 3.05) is 26.2 Å². The van der Waals surface area contributed by atoms with Crippen molar-refractivity contribution in [1.29, 1.82) is 0 Å². The average Bonchev–Trinajstić information content (AvgIpc) is 2.92. The van der Waals surface area contributed by atoms with Crippen molar-refractivity contribution in [2.24, 2.45) is 17.3 Å². The number of carbonyl (C=O) groups is 1. The van der Waals surface area contributed by atoms with E-state index in [1.54, 1.807) is 11.3 Å². The van der Waals surface area contributed by atoms with E-state index in [1.165, 1.54) is 5.56 Å². The van der Waals surface area contributed by atoms with Crippen molar-refractivity contribution in [3.8, 4) is 0 Å². The molecule has 3 aliphatic rings. The van der Waals surface area contributed by atoms with E-state index in [0.29, 0.717) is 25.4 Å². The van der Waals surface area contributed by atoms with Gasteiger partial charge in [0.1, 0.15) is 6.17 Å². The third-order valence-electron chi connectivity index (χ3n) is 6.01. The number of hydrogen-bond acceptors (Lipinski definition) is 3. The lowest BCUT2D eigenvalue weighted by molar-refractivity contribution is -0.138. The zero-order valence-electron chi connectivity index (χ0n) is 13.7. The van der Waals surface area contributed by atoms with Gasteiger partial charge in [-0.1, -0.05) is 6.92 Å². The lowest BCUT2D eigenvalue weighted by Crippen LogP contribution is -2.53.